The quantitative estimate of drug-likeness (QED) is 0.659. The lowest BCUT2D eigenvalue weighted by molar-refractivity contribution is 0.0325. The molecule has 2 bridgehead atoms. The second kappa shape index (κ2) is 7.57. The number of allylic oxidation sites excluding steroid dienone is 1. The van der Waals surface area contributed by atoms with Crippen LogP contribution < -0.4 is 5.32 Å². The summed E-state index contributed by atoms with van der Waals surface area (Å²) in [6, 6.07) is 5.67. The Labute approximate surface area is 180 Å². The largest absolute Gasteiger partial charge is 0.507 e. The molecule has 2 aromatic heterocycles. The van der Waals surface area contributed by atoms with E-state index in [0.29, 0.717) is 28.6 Å². The summed E-state index contributed by atoms with van der Waals surface area (Å²) in [5.74, 6) is -0.158. The molecule has 0 radical (unpaired) electrons. The normalized spacial score (nSPS) is 27.7. The number of alkyl halides is 1. The number of imidazole rings is 1. The summed E-state index contributed by atoms with van der Waals surface area (Å²) < 4.78 is 17.2. The third-order valence-electron chi connectivity index (χ3n) is 6.77. The second-order valence-electron chi connectivity index (χ2n) is 8.88. The first-order chi connectivity index (χ1) is 14.9. The SMILES string of the molecule is C=C(c1cnc(-c2ccc(-n3ccnc3)cc2O)cn1)[C@@H]1C[C@H]2CCC[C@](C)(N2)[C@@H]1F. The zero-order valence-electron chi connectivity index (χ0n) is 17.5. The van der Waals surface area contributed by atoms with E-state index in [1.165, 1.54) is 0 Å². The maximum absolute atomic E-state index is 15.4. The van der Waals surface area contributed by atoms with E-state index in [4.69, 9.17) is 0 Å². The van der Waals surface area contributed by atoms with Crippen LogP contribution in [0.1, 0.15) is 38.3 Å². The zero-order chi connectivity index (χ0) is 21.6. The van der Waals surface area contributed by atoms with E-state index >= 15 is 4.39 Å². The maximum Gasteiger partial charge on any atom is 0.127 e. The fourth-order valence-corrected chi connectivity index (χ4v) is 5.04. The molecular formula is C24H26FN5O. The maximum atomic E-state index is 15.4. The molecule has 2 aliphatic heterocycles. The molecule has 4 atom stereocenters. The Morgan fingerprint density at radius 2 is 2.19 bits per heavy atom. The van der Waals surface area contributed by atoms with Crippen molar-refractivity contribution in [2.75, 3.05) is 0 Å². The number of phenolic OH excluding ortho intramolecular Hbond substituents is 1. The Kier molecular flexibility index (Phi) is 4.85. The molecule has 0 amide bonds. The van der Waals surface area contributed by atoms with E-state index in [9.17, 15) is 5.11 Å². The smallest absolute Gasteiger partial charge is 0.127 e. The monoisotopic (exact) mass is 419 g/mol. The molecule has 7 heteroatoms. The van der Waals surface area contributed by atoms with Gasteiger partial charge in [0.2, 0.25) is 0 Å². The van der Waals surface area contributed by atoms with Crippen LogP contribution in [0.4, 0.5) is 4.39 Å². The lowest BCUT2D eigenvalue weighted by atomic mass is 9.69. The second-order valence-corrected chi connectivity index (χ2v) is 8.88. The van der Waals surface area contributed by atoms with Crippen molar-refractivity contribution in [3.63, 3.8) is 0 Å². The number of benzene rings is 1. The number of aromatic nitrogens is 4. The van der Waals surface area contributed by atoms with Gasteiger partial charge in [-0.05, 0) is 50.3 Å². The van der Waals surface area contributed by atoms with Crippen molar-refractivity contribution in [3.05, 3.63) is 61.6 Å². The molecule has 0 unspecified atom stereocenters. The van der Waals surface area contributed by atoms with Crippen LogP contribution in [0.15, 0.2) is 55.9 Å². The van der Waals surface area contributed by atoms with Crippen LogP contribution in [0.3, 0.4) is 0 Å². The van der Waals surface area contributed by atoms with E-state index in [1.54, 1.807) is 37.1 Å². The molecule has 31 heavy (non-hydrogen) atoms. The number of aromatic hydroxyl groups is 1. The fraction of sp³-hybridized carbons (Fsp3) is 0.375. The molecule has 2 aliphatic rings. The van der Waals surface area contributed by atoms with Gasteiger partial charge in [-0.1, -0.05) is 6.58 Å². The minimum absolute atomic E-state index is 0.106. The minimum Gasteiger partial charge on any atom is -0.507 e. The van der Waals surface area contributed by atoms with Crippen molar-refractivity contribution in [1.82, 2.24) is 24.8 Å². The van der Waals surface area contributed by atoms with Crippen LogP contribution in [0, 0.1) is 5.92 Å². The number of phenols is 1. The van der Waals surface area contributed by atoms with Gasteiger partial charge in [0, 0.05) is 41.5 Å². The van der Waals surface area contributed by atoms with Crippen LogP contribution in [-0.2, 0) is 0 Å². The topological polar surface area (TPSA) is 75.9 Å². The summed E-state index contributed by atoms with van der Waals surface area (Å²) >= 11 is 0. The first-order valence-corrected chi connectivity index (χ1v) is 10.7. The Bertz CT molecular complexity index is 1100. The predicted octanol–water partition coefficient (Wildman–Crippen LogP) is 4.31. The summed E-state index contributed by atoms with van der Waals surface area (Å²) in [5, 5.41) is 14.0. The molecule has 1 aromatic carbocycles. The third-order valence-corrected chi connectivity index (χ3v) is 6.77. The number of rotatable bonds is 4. The molecule has 2 saturated heterocycles. The highest BCUT2D eigenvalue weighted by atomic mass is 19.1. The van der Waals surface area contributed by atoms with Crippen LogP contribution in [0.5, 0.6) is 5.75 Å². The first-order valence-electron chi connectivity index (χ1n) is 10.7. The first kappa shape index (κ1) is 19.9. The fourth-order valence-electron chi connectivity index (χ4n) is 5.04. The van der Waals surface area contributed by atoms with Crippen molar-refractivity contribution in [3.8, 4) is 22.7 Å². The molecule has 160 valence electrons. The summed E-state index contributed by atoms with van der Waals surface area (Å²) in [5.41, 5.74) is 2.75. The molecule has 2 N–H and O–H groups in total. The Hall–Kier alpha value is -3.06. The average Bonchev–Trinajstić information content (AvgIpc) is 3.31. The van der Waals surface area contributed by atoms with Gasteiger partial charge < -0.3 is 15.0 Å². The number of halogens is 1. The third kappa shape index (κ3) is 3.53. The predicted molar refractivity (Wildman–Crippen MR) is 117 cm³/mol. The number of nitrogens with one attached hydrogen (secondary N) is 1. The Morgan fingerprint density at radius 1 is 1.32 bits per heavy atom. The highest BCUT2D eigenvalue weighted by Crippen LogP contribution is 2.43. The van der Waals surface area contributed by atoms with Crippen molar-refractivity contribution in [2.24, 2.45) is 5.92 Å². The van der Waals surface area contributed by atoms with Crippen molar-refractivity contribution in [2.45, 2.75) is 50.4 Å². The molecule has 5 rings (SSSR count). The average molecular weight is 420 g/mol. The minimum atomic E-state index is -1.00. The van der Waals surface area contributed by atoms with Crippen LogP contribution >= 0.6 is 0 Å². The van der Waals surface area contributed by atoms with Gasteiger partial charge in [0.25, 0.3) is 0 Å². The van der Waals surface area contributed by atoms with Gasteiger partial charge in [-0.2, -0.15) is 0 Å². The number of piperidine rings is 2. The highest BCUT2D eigenvalue weighted by molar-refractivity contribution is 5.69. The van der Waals surface area contributed by atoms with Gasteiger partial charge in [0.1, 0.15) is 11.9 Å². The number of fused-ring (bicyclic) bond motifs is 2. The molecule has 6 nitrogen and oxygen atoms in total. The Balaban J connectivity index is 1.37. The molecule has 0 saturated carbocycles. The van der Waals surface area contributed by atoms with Crippen LogP contribution in [0.25, 0.3) is 22.5 Å². The van der Waals surface area contributed by atoms with E-state index in [0.717, 1.165) is 31.4 Å². The van der Waals surface area contributed by atoms with Gasteiger partial charge in [0.05, 0.1) is 35.8 Å². The van der Waals surface area contributed by atoms with E-state index < -0.39 is 11.7 Å². The van der Waals surface area contributed by atoms with E-state index in [2.05, 4.69) is 26.8 Å². The van der Waals surface area contributed by atoms with Gasteiger partial charge in [-0.3, -0.25) is 9.97 Å². The molecule has 0 aliphatic carbocycles. The van der Waals surface area contributed by atoms with Crippen molar-refractivity contribution < 1.29 is 9.50 Å². The van der Waals surface area contributed by atoms with Crippen molar-refractivity contribution in [1.29, 1.82) is 0 Å². The van der Waals surface area contributed by atoms with Gasteiger partial charge >= 0.3 is 0 Å². The molecule has 3 aromatic rings. The molecular weight excluding hydrogens is 393 g/mol. The van der Waals surface area contributed by atoms with Gasteiger partial charge in [0.15, 0.2) is 0 Å². The summed E-state index contributed by atoms with van der Waals surface area (Å²) in [7, 11) is 0. The Morgan fingerprint density at radius 3 is 2.90 bits per heavy atom. The summed E-state index contributed by atoms with van der Waals surface area (Å²) in [6.45, 7) is 6.17. The van der Waals surface area contributed by atoms with E-state index in [1.807, 2.05) is 23.8 Å². The van der Waals surface area contributed by atoms with Crippen LogP contribution in [-0.4, -0.2) is 42.4 Å². The van der Waals surface area contributed by atoms with Crippen molar-refractivity contribution >= 4 is 5.57 Å². The number of hydrogen-bond acceptors (Lipinski definition) is 5. The molecule has 0 spiro atoms. The van der Waals surface area contributed by atoms with Gasteiger partial charge in [-0.15, -0.1) is 0 Å². The summed E-state index contributed by atoms with van der Waals surface area (Å²) in [4.78, 5) is 13.0. The standard InChI is InChI=1S/C24H26FN5O/c1-15(19-10-16-4-3-7-24(2,29-16)23(19)25)20-12-28-21(13-27-20)18-6-5-17(11-22(18)31)30-9-8-26-14-30/h5-6,8-9,11-14,16,19,23,29,31H,1,3-4,7,10H2,2H3/t16-,19+,23-,24+/m1/s1. The molecule has 4 heterocycles. The number of hydrogen-bond donors (Lipinski definition) is 2. The summed E-state index contributed by atoms with van der Waals surface area (Å²) in [6.07, 6.45) is 11.1. The zero-order valence-corrected chi connectivity index (χ0v) is 17.5. The lowest BCUT2D eigenvalue weighted by Crippen LogP contribution is -2.63. The lowest BCUT2D eigenvalue weighted by Gasteiger charge is -2.50. The highest BCUT2D eigenvalue weighted by Gasteiger charge is 2.48. The van der Waals surface area contributed by atoms with Gasteiger partial charge in [-0.25, -0.2) is 9.37 Å². The van der Waals surface area contributed by atoms with Crippen LogP contribution in [0.2, 0.25) is 0 Å². The molecule has 2 fully saturated rings. The number of nitrogens with zero attached hydrogens (tertiary/aromatic N) is 4. The van der Waals surface area contributed by atoms with E-state index in [-0.39, 0.29) is 11.7 Å².